The van der Waals surface area contributed by atoms with Crippen LogP contribution in [0, 0.1) is 6.92 Å². The molecule has 0 saturated carbocycles. The SMILES string of the molecule is Cc1ccccc1[C@@H](C)NC(=O)CCc1ccc(Cl)c(Cl)c1. The van der Waals surface area contributed by atoms with E-state index in [0.717, 1.165) is 11.1 Å². The van der Waals surface area contributed by atoms with Crippen LogP contribution in [-0.2, 0) is 11.2 Å². The van der Waals surface area contributed by atoms with Gasteiger partial charge < -0.3 is 5.32 Å². The third kappa shape index (κ3) is 4.49. The fourth-order valence-electron chi connectivity index (χ4n) is 2.42. The average Bonchev–Trinajstić information content (AvgIpc) is 2.49. The number of hydrogen-bond donors (Lipinski definition) is 1. The summed E-state index contributed by atoms with van der Waals surface area (Å²) < 4.78 is 0. The summed E-state index contributed by atoms with van der Waals surface area (Å²) in [7, 11) is 0. The molecule has 0 radical (unpaired) electrons. The predicted octanol–water partition coefficient (Wildman–Crippen LogP) is 5.11. The molecule has 0 spiro atoms. The molecule has 0 heterocycles. The van der Waals surface area contributed by atoms with E-state index >= 15 is 0 Å². The summed E-state index contributed by atoms with van der Waals surface area (Å²) in [5, 5.41) is 4.09. The number of carbonyl (C=O) groups is 1. The van der Waals surface area contributed by atoms with Crippen molar-refractivity contribution < 1.29 is 4.79 Å². The number of halogens is 2. The average molecular weight is 336 g/mol. The topological polar surface area (TPSA) is 29.1 Å². The fraction of sp³-hybridized carbons (Fsp3) is 0.278. The minimum atomic E-state index is 0.00232. The Morgan fingerprint density at radius 1 is 1.14 bits per heavy atom. The van der Waals surface area contributed by atoms with Gasteiger partial charge in [0.25, 0.3) is 0 Å². The molecule has 0 aliphatic carbocycles. The molecule has 116 valence electrons. The highest BCUT2D eigenvalue weighted by molar-refractivity contribution is 6.42. The lowest BCUT2D eigenvalue weighted by Gasteiger charge is -2.16. The molecule has 2 rings (SSSR count). The first-order valence-electron chi connectivity index (χ1n) is 7.26. The Hall–Kier alpha value is -1.51. The highest BCUT2D eigenvalue weighted by Gasteiger charge is 2.11. The van der Waals surface area contributed by atoms with Gasteiger partial charge in [-0.05, 0) is 49.1 Å². The Morgan fingerprint density at radius 3 is 2.55 bits per heavy atom. The minimum absolute atomic E-state index is 0.00232. The third-order valence-corrected chi connectivity index (χ3v) is 4.40. The molecule has 1 atom stereocenters. The molecule has 22 heavy (non-hydrogen) atoms. The van der Waals surface area contributed by atoms with Crippen molar-refractivity contribution in [1.82, 2.24) is 5.32 Å². The Balaban J connectivity index is 1.90. The van der Waals surface area contributed by atoms with Crippen LogP contribution in [-0.4, -0.2) is 5.91 Å². The second kappa shape index (κ2) is 7.66. The van der Waals surface area contributed by atoms with Crippen LogP contribution >= 0.6 is 23.2 Å². The van der Waals surface area contributed by atoms with Crippen molar-refractivity contribution in [3.63, 3.8) is 0 Å². The van der Waals surface area contributed by atoms with Crippen LogP contribution in [0.1, 0.15) is 36.1 Å². The van der Waals surface area contributed by atoms with E-state index in [-0.39, 0.29) is 11.9 Å². The van der Waals surface area contributed by atoms with E-state index in [9.17, 15) is 4.79 Å². The van der Waals surface area contributed by atoms with Gasteiger partial charge in [-0.3, -0.25) is 4.79 Å². The van der Waals surface area contributed by atoms with Gasteiger partial charge in [0.2, 0.25) is 5.91 Å². The van der Waals surface area contributed by atoms with Crippen molar-refractivity contribution in [2.24, 2.45) is 0 Å². The lowest BCUT2D eigenvalue weighted by atomic mass is 10.0. The van der Waals surface area contributed by atoms with E-state index in [1.54, 1.807) is 6.07 Å². The molecule has 0 aromatic heterocycles. The molecular formula is C18H19Cl2NO. The fourth-order valence-corrected chi connectivity index (χ4v) is 2.74. The van der Waals surface area contributed by atoms with Crippen LogP contribution in [0.25, 0.3) is 0 Å². The third-order valence-electron chi connectivity index (χ3n) is 3.66. The normalized spacial score (nSPS) is 12.0. The zero-order chi connectivity index (χ0) is 16.1. The Kier molecular flexibility index (Phi) is 5.87. The summed E-state index contributed by atoms with van der Waals surface area (Å²) in [5.74, 6) is 0.0295. The van der Waals surface area contributed by atoms with Gasteiger partial charge in [0.15, 0.2) is 0 Å². The van der Waals surface area contributed by atoms with Crippen molar-refractivity contribution in [2.75, 3.05) is 0 Å². The zero-order valence-electron chi connectivity index (χ0n) is 12.7. The van der Waals surface area contributed by atoms with Gasteiger partial charge in [-0.15, -0.1) is 0 Å². The molecule has 1 amide bonds. The summed E-state index contributed by atoms with van der Waals surface area (Å²) >= 11 is 11.9. The maximum atomic E-state index is 12.1. The maximum absolute atomic E-state index is 12.1. The van der Waals surface area contributed by atoms with Gasteiger partial charge in [-0.25, -0.2) is 0 Å². The summed E-state index contributed by atoms with van der Waals surface area (Å²) in [6, 6.07) is 13.5. The number of nitrogens with one attached hydrogen (secondary N) is 1. The summed E-state index contributed by atoms with van der Waals surface area (Å²) in [6.07, 6.45) is 1.07. The van der Waals surface area contributed by atoms with Gasteiger partial charge in [-0.1, -0.05) is 53.5 Å². The van der Waals surface area contributed by atoms with Crippen molar-refractivity contribution in [3.05, 3.63) is 69.2 Å². The minimum Gasteiger partial charge on any atom is -0.350 e. The number of hydrogen-bond acceptors (Lipinski definition) is 1. The molecule has 4 heteroatoms. The van der Waals surface area contributed by atoms with Crippen LogP contribution < -0.4 is 5.32 Å². The van der Waals surface area contributed by atoms with E-state index in [1.807, 2.05) is 50.2 Å². The standard InChI is InChI=1S/C18H19Cl2NO/c1-12-5-3-4-6-15(12)13(2)21-18(22)10-8-14-7-9-16(19)17(20)11-14/h3-7,9,11,13H,8,10H2,1-2H3,(H,21,22)/t13-/m1/s1. The van der Waals surface area contributed by atoms with Gasteiger partial charge in [-0.2, -0.15) is 0 Å². The van der Waals surface area contributed by atoms with E-state index in [4.69, 9.17) is 23.2 Å². The molecule has 0 unspecified atom stereocenters. The second-order valence-corrected chi connectivity index (χ2v) is 6.21. The van der Waals surface area contributed by atoms with Crippen LogP contribution in [0.5, 0.6) is 0 Å². The van der Waals surface area contributed by atoms with E-state index in [0.29, 0.717) is 22.9 Å². The van der Waals surface area contributed by atoms with Gasteiger partial charge in [0, 0.05) is 6.42 Å². The monoisotopic (exact) mass is 335 g/mol. The van der Waals surface area contributed by atoms with E-state index < -0.39 is 0 Å². The van der Waals surface area contributed by atoms with Crippen molar-refractivity contribution in [2.45, 2.75) is 32.7 Å². The molecule has 0 fully saturated rings. The number of amides is 1. The van der Waals surface area contributed by atoms with Crippen molar-refractivity contribution in [1.29, 1.82) is 0 Å². The summed E-state index contributed by atoms with van der Waals surface area (Å²) in [4.78, 5) is 12.1. The highest BCUT2D eigenvalue weighted by Crippen LogP contribution is 2.23. The summed E-state index contributed by atoms with van der Waals surface area (Å²) in [5.41, 5.74) is 3.33. The largest absolute Gasteiger partial charge is 0.350 e. The Labute approximate surface area is 141 Å². The first kappa shape index (κ1) is 16.9. The van der Waals surface area contributed by atoms with E-state index in [1.165, 1.54) is 5.56 Å². The molecule has 2 aromatic rings. The second-order valence-electron chi connectivity index (χ2n) is 5.39. The van der Waals surface area contributed by atoms with Crippen molar-refractivity contribution in [3.8, 4) is 0 Å². The molecule has 2 aromatic carbocycles. The number of aryl methyl sites for hydroxylation is 2. The number of benzene rings is 2. The lowest BCUT2D eigenvalue weighted by molar-refractivity contribution is -0.121. The summed E-state index contributed by atoms with van der Waals surface area (Å²) in [6.45, 7) is 4.05. The molecule has 0 aliphatic rings. The molecule has 0 saturated heterocycles. The van der Waals surface area contributed by atoms with Crippen LogP contribution in [0.3, 0.4) is 0 Å². The van der Waals surface area contributed by atoms with Crippen molar-refractivity contribution >= 4 is 29.1 Å². The Morgan fingerprint density at radius 2 is 1.86 bits per heavy atom. The Bertz CT molecular complexity index is 670. The quantitative estimate of drug-likeness (QED) is 0.807. The van der Waals surface area contributed by atoms with Crippen LogP contribution in [0.2, 0.25) is 10.0 Å². The molecule has 0 bridgehead atoms. The maximum Gasteiger partial charge on any atom is 0.220 e. The molecule has 0 aliphatic heterocycles. The van der Waals surface area contributed by atoms with Gasteiger partial charge in [0.05, 0.1) is 16.1 Å². The smallest absolute Gasteiger partial charge is 0.220 e. The van der Waals surface area contributed by atoms with Crippen LogP contribution in [0.15, 0.2) is 42.5 Å². The number of carbonyl (C=O) groups excluding carboxylic acids is 1. The highest BCUT2D eigenvalue weighted by atomic mass is 35.5. The molecule has 1 N–H and O–H groups in total. The molecule has 2 nitrogen and oxygen atoms in total. The van der Waals surface area contributed by atoms with E-state index in [2.05, 4.69) is 5.32 Å². The lowest BCUT2D eigenvalue weighted by Crippen LogP contribution is -2.27. The zero-order valence-corrected chi connectivity index (χ0v) is 14.2. The molecular weight excluding hydrogens is 317 g/mol. The first-order valence-corrected chi connectivity index (χ1v) is 8.02. The van der Waals surface area contributed by atoms with Crippen LogP contribution in [0.4, 0.5) is 0 Å². The first-order chi connectivity index (χ1) is 10.5. The number of rotatable bonds is 5. The van der Waals surface area contributed by atoms with Gasteiger partial charge in [0.1, 0.15) is 0 Å². The van der Waals surface area contributed by atoms with Gasteiger partial charge >= 0.3 is 0 Å². The predicted molar refractivity (Wildman–Crippen MR) is 92.5 cm³/mol.